The molecule has 0 heterocycles. The van der Waals surface area contributed by atoms with Crippen LogP contribution in [0.25, 0.3) is 0 Å². The van der Waals surface area contributed by atoms with Crippen LogP contribution in [0.5, 0.6) is 0 Å². The number of likely N-dealkylation sites (N-methyl/N-ethyl adjacent to an activating group) is 1. The first-order valence-corrected chi connectivity index (χ1v) is 5.92. The lowest BCUT2D eigenvalue weighted by atomic mass is 10.1. The van der Waals surface area contributed by atoms with Crippen molar-refractivity contribution in [3.05, 3.63) is 48.6 Å². The van der Waals surface area contributed by atoms with Crippen molar-refractivity contribution in [2.45, 2.75) is 25.9 Å². The van der Waals surface area contributed by atoms with E-state index >= 15 is 0 Å². The SMILES string of the molecule is C=CC(NCC(C)NCC)c1ccccc1. The van der Waals surface area contributed by atoms with Crippen molar-refractivity contribution in [3.8, 4) is 0 Å². The molecule has 88 valence electrons. The van der Waals surface area contributed by atoms with E-state index in [9.17, 15) is 0 Å². The van der Waals surface area contributed by atoms with Gasteiger partial charge in [-0.15, -0.1) is 6.58 Å². The van der Waals surface area contributed by atoms with Gasteiger partial charge in [-0.2, -0.15) is 0 Å². The van der Waals surface area contributed by atoms with E-state index in [0.29, 0.717) is 6.04 Å². The van der Waals surface area contributed by atoms with E-state index in [2.05, 4.69) is 55.3 Å². The Kier molecular flexibility index (Phi) is 5.83. The van der Waals surface area contributed by atoms with Crippen LogP contribution in [0.4, 0.5) is 0 Å². The van der Waals surface area contributed by atoms with Gasteiger partial charge in [0.05, 0.1) is 6.04 Å². The molecule has 0 radical (unpaired) electrons. The monoisotopic (exact) mass is 218 g/mol. The van der Waals surface area contributed by atoms with Crippen LogP contribution in [0.2, 0.25) is 0 Å². The van der Waals surface area contributed by atoms with Gasteiger partial charge in [0.15, 0.2) is 0 Å². The summed E-state index contributed by atoms with van der Waals surface area (Å²) < 4.78 is 0. The Morgan fingerprint density at radius 3 is 2.50 bits per heavy atom. The maximum Gasteiger partial charge on any atom is 0.0504 e. The molecule has 0 aliphatic heterocycles. The van der Waals surface area contributed by atoms with Gasteiger partial charge in [0.25, 0.3) is 0 Å². The van der Waals surface area contributed by atoms with Gasteiger partial charge in [-0.25, -0.2) is 0 Å². The second kappa shape index (κ2) is 7.20. The van der Waals surface area contributed by atoms with Gasteiger partial charge < -0.3 is 10.6 Å². The molecule has 0 aliphatic rings. The molecule has 2 unspecified atom stereocenters. The van der Waals surface area contributed by atoms with Crippen LogP contribution >= 0.6 is 0 Å². The summed E-state index contributed by atoms with van der Waals surface area (Å²) >= 11 is 0. The van der Waals surface area contributed by atoms with E-state index in [-0.39, 0.29) is 6.04 Å². The van der Waals surface area contributed by atoms with Gasteiger partial charge in [-0.05, 0) is 19.0 Å². The van der Waals surface area contributed by atoms with Crippen molar-refractivity contribution in [2.24, 2.45) is 0 Å². The summed E-state index contributed by atoms with van der Waals surface area (Å²) in [5.41, 5.74) is 1.26. The molecule has 0 bridgehead atoms. The summed E-state index contributed by atoms with van der Waals surface area (Å²) in [5, 5.41) is 6.87. The number of rotatable bonds is 7. The lowest BCUT2D eigenvalue weighted by Gasteiger charge is -2.19. The molecule has 0 aromatic heterocycles. The maximum absolute atomic E-state index is 3.88. The molecule has 2 nitrogen and oxygen atoms in total. The third-order valence-corrected chi connectivity index (χ3v) is 2.59. The lowest BCUT2D eigenvalue weighted by molar-refractivity contribution is 0.494. The van der Waals surface area contributed by atoms with E-state index in [1.54, 1.807) is 0 Å². The highest BCUT2D eigenvalue weighted by Crippen LogP contribution is 2.12. The molecular formula is C14H22N2. The van der Waals surface area contributed by atoms with Crippen molar-refractivity contribution in [1.82, 2.24) is 10.6 Å². The van der Waals surface area contributed by atoms with E-state index in [1.165, 1.54) is 5.56 Å². The summed E-state index contributed by atoms with van der Waals surface area (Å²) in [6, 6.07) is 11.1. The van der Waals surface area contributed by atoms with Crippen LogP contribution in [-0.2, 0) is 0 Å². The topological polar surface area (TPSA) is 24.1 Å². The van der Waals surface area contributed by atoms with Crippen molar-refractivity contribution in [1.29, 1.82) is 0 Å². The first-order valence-electron chi connectivity index (χ1n) is 5.92. The van der Waals surface area contributed by atoms with E-state index in [1.807, 2.05) is 12.1 Å². The van der Waals surface area contributed by atoms with Crippen LogP contribution in [0.3, 0.4) is 0 Å². The quantitative estimate of drug-likeness (QED) is 0.687. The predicted octanol–water partition coefficient (Wildman–Crippen LogP) is 2.50. The largest absolute Gasteiger partial charge is 0.313 e. The molecule has 0 saturated heterocycles. The zero-order valence-electron chi connectivity index (χ0n) is 10.2. The van der Waals surface area contributed by atoms with Gasteiger partial charge >= 0.3 is 0 Å². The number of nitrogens with one attached hydrogen (secondary N) is 2. The molecule has 0 spiro atoms. The predicted molar refractivity (Wildman–Crippen MR) is 70.5 cm³/mol. The second-order valence-electron chi connectivity index (χ2n) is 3.99. The van der Waals surface area contributed by atoms with Crippen LogP contribution in [0, 0.1) is 0 Å². The Morgan fingerprint density at radius 2 is 1.94 bits per heavy atom. The van der Waals surface area contributed by atoms with Crippen LogP contribution in [0.15, 0.2) is 43.0 Å². The first kappa shape index (κ1) is 12.9. The van der Waals surface area contributed by atoms with E-state index < -0.39 is 0 Å². The van der Waals surface area contributed by atoms with Crippen molar-refractivity contribution < 1.29 is 0 Å². The minimum absolute atomic E-state index is 0.238. The van der Waals surface area contributed by atoms with Crippen molar-refractivity contribution >= 4 is 0 Å². The molecule has 0 aliphatic carbocycles. The Morgan fingerprint density at radius 1 is 1.25 bits per heavy atom. The number of hydrogen-bond acceptors (Lipinski definition) is 2. The molecule has 2 atom stereocenters. The normalized spacial score (nSPS) is 14.4. The average molecular weight is 218 g/mol. The standard InChI is InChI=1S/C14H22N2/c1-4-14(13-9-7-6-8-10-13)16-11-12(3)15-5-2/h4,6-10,12,14-16H,1,5,11H2,2-3H3. The van der Waals surface area contributed by atoms with Gasteiger partial charge in [-0.1, -0.05) is 43.3 Å². The van der Waals surface area contributed by atoms with Crippen LogP contribution in [-0.4, -0.2) is 19.1 Å². The summed E-state index contributed by atoms with van der Waals surface area (Å²) in [5.74, 6) is 0. The molecule has 16 heavy (non-hydrogen) atoms. The summed E-state index contributed by atoms with van der Waals surface area (Å²) in [6.07, 6.45) is 1.95. The fourth-order valence-electron chi connectivity index (χ4n) is 1.72. The fourth-order valence-corrected chi connectivity index (χ4v) is 1.72. The minimum atomic E-state index is 0.238. The Labute approximate surface area is 98.8 Å². The Bertz CT molecular complexity index is 295. The van der Waals surface area contributed by atoms with E-state index in [4.69, 9.17) is 0 Å². The Balaban J connectivity index is 2.47. The molecule has 1 aromatic carbocycles. The van der Waals surface area contributed by atoms with Crippen LogP contribution in [0.1, 0.15) is 25.5 Å². The third kappa shape index (κ3) is 4.17. The summed E-state index contributed by atoms with van der Waals surface area (Å²) in [6.45, 7) is 10.1. The van der Waals surface area contributed by atoms with Gasteiger partial charge in [0.2, 0.25) is 0 Å². The molecule has 2 N–H and O–H groups in total. The second-order valence-corrected chi connectivity index (χ2v) is 3.99. The van der Waals surface area contributed by atoms with E-state index in [0.717, 1.165) is 13.1 Å². The lowest BCUT2D eigenvalue weighted by Crippen LogP contribution is -2.37. The van der Waals surface area contributed by atoms with Crippen molar-refractivity contribution in [3.63, 3.8) is 0 Å². The molecule has 1 aromatic rings. The molecule has 0 fully saturated rings. The smallest absolute Gasteiger partial charge is 0.0504 e. The Hall–Kier alpha value is -1.12. The fraction of sp³-hybridized carbons (Fsp3) is 0.429. The van der Waals surface area contributed by atoms with Gasteiger partial charge in [0, 0.05) is 12.6 Å². The first-order chi connectivity index (χ1) is 7.77. The maximum atomic E-state index is 3.88. The third-order valence-electron chi connectivity index (χ3n) is 2.59. The summed E-state index contributed by atoms with van der Waals surface area (Å²) in [7, 11) is 0. The molecule has 2 heteroatoms. The zero-order chi connectivity index (χ0) is 11.8. The molecule has 0 amide bonds. The highest BCUT2D eigenvalue weighted by Gasteiger charge is 2.07. The molecular weight excluding hydrogens is 196 g/mol. The van der Waals surface area contributed by atoms with Gasteiger partial charge in [-0.3, -0.25) is 0 Å². The molecule has 1 rings (SSSR count). The minimum Gasteiger partial charge on any atom is -0.313 e. The highest BCUT2D eigenvalue weighted by molar-refractivity contribution is 5.22. The average Bonchev–Trinajstić information content (AvgIpc) is 2.31. The number of benzene rings is 1. The highest BCUT2D eigenvalue weighted by atomic mass is 15.0. The van der Waals surface area contributed by atoms with Crippen molar-refractivity contribution in [2.75, 3.05) is 13.1 Å². The van der Waals surface area contributed by atoms with Gasteiger partial charge in [0.1, 0.15) is 0 Å². The zero-order valence-corrected chi connectivity index (χ0v) is 10.2. The van der Waals surface area contributed by atoms with Crippen LogP contribution < -0.4 is 10.6 Å². The molecule has 0 saturated carbocycles. The summed E-state index contributed by atoms with van der Waals surface area (Å²) in [4.78, 5) is 0. The number of hydrogen-bond donors (Lipinski definition) is 2.